The number of halogens is 2. The van der Waals surface area contributed by atoms with Gasteiger partial charge in [0.05, 0.1) is 36.4 Å². The van der Waals surface area contributed by atoms with E-state index in [0.29, 0.717) is 31.2 Å². The second-order valence-corrected chi connectivity index (χ2v) is 9.66. The average Bonchev–Trinajstić information content (AvgIpc) is 3.43. The fraction of sp³-hybridized carbons (Fsp3) is 0.308. The second kappa shape index (κ2) is 10.2. The molecule has 1 fully saturated rings. The highest BCUT2D eigenvalue weighted by Crippen LogP contribution is 2.29. The molecule has 0 aliphatic carbocycles. The number of carbonyl (C=O) groups is 1. The predicted octanol–water partition coefficient (Wildman–Crippen LogP) is 4.54. The van der Waals surface area contributed by atoms with Crippen LogP contribution in [0.15, 0.2) is 54.6 Å². The van der Waals surface area contributed by atoms with Gasteiger partial charge in [0.2, 0.25) is 0 Å². The molecule has 2 aromatic carbocycles. The van der Waals surface area contributed by atoms with E-state index in [9.17, 15) is 13.6 Å². The van der Waals surface area contributed by atoms with E-state index >= 15 is 0 Å². The Hall–Kier alpha value is -3.14. The monoisotopic (exact) mass is 496 g/mol. The summed E-state index contributed by atoms with van der Waals surface area (Å²) >= 11 is 1.39. The number of aryl methyl sites for hydroxylation is 1. The lowest BCUT2D eigenvalue weighted by molar-refractivity contribution is 0.0162. The minimum absolute atomic E-state index is 0.0754. The molecule has 1 saturated heterocycles. The zero-order valence-electron chi connectivity index (χ0n) is 19.3. The topological polar surface area (TPSA) is 59.4 Å². The second-order valence-electron chi connectivity index (χ2n) is 8.62. The number of hydrogen-bond donors (Lipinski definition) is 1. The van der Waals surface area contributed by atoms with E-state index in [1.165, 1.54) is 35.6 Å². The van der Waals surface area contributed by atoms with Crippen LogP contribution in [0.25, 0.3) is 10.2 Å². The molecule has 1 N–H and O–H groups in total. The molecule has 3 heterocycles. The Morgan fingerprint density at radius 2 is 1.74 bits per heavy atom. The number of hydrogen-bond acceptors (Lipinski definition) is 5. The molecule has 1 unspecified atom stereocenters. The highest BCUT2D eigenvalue weighted by molar-refractivity contribution is 7.20. The van der Waals surface area contributed by atoms with Crippen LogP contribution in [-0.4, -0.2) is 53.4 Å². The van der Waals surface area contributed by atoms with Crippen molar-refractivity contribution in [2.75, 3.05) is 32.8 Å². The molecular weight excluding hydrogens is 470 g/mol. The fourth-order valence-corrected chi connectivity index (χ4v) is 5.48. The van der Waals surface area contributed by atoms with Gasteiger partial charge in [-0.3, -0.25) is 14.4 Å². The van der Waals surface area contributed by atoms with Crippen molar-refractivity contribution >= 4 is 27.5 Å². The van der Waals surface area contributed by atoms with Gasteiger partial charge in [0.25, 0.3) is 5.91 Å². The standard InChI is InChI=1S/C26H26F2N4O2S/c1-17-22-14-24(35-26(22)32(30-17)16-18-2-6-20(27)7-3-18)25(33)29-15-23(31-10-12-34-13-11-31)19-4-8-21(28)9-5-19/h2-9,14,23H,10-13,15-16H2,1H3,(H,29,33). The van der Waals surface area contributed by atoms with Crippen molar-refractivity contribution in [2.24, 2.45) is 0 Å². The number of benzene rings is 2. The van der Waals surface area contributed by atoms with Crippen molar-refractivity contribution in [3.63, 3.8) is 0 Å². The molecule has 1 amide bonds. The molecule has 1 aliphatic rings. The number of carbonyl (C=O) groups excluding carboxylic acids is 1. The van der Waals surface area contributed by atoms with E-state index in [1.807, 2.05) is 17.7 Å². The Kier molecular flexibility index (Phi) is 6.90. The summed E-state index contributed by atoms with van der Waals surface area (Å²) in [7, 11) is 0. The third-order valence-electron chi connectivity index (χ3n) is 6.27. The molecule has 0 saturated carbocycles. The van der Waals surface area contributed by atoms with Gasteiger partial charge in [-0.05, 0) is 48.4 Å². The maximum Gasteiger partial charge on any atom is 0.261 e. The summed E-state index contributed by atoms with van der Waals surface area (Å²) < 4.78 is 34.1. The number of thiophene rings is 1. The normalized spacial score (nSPS) is 15.4. The molecule has 2 aromatic heterocycles. The first kappa shape index (κ1) is 23.6. The van der Waals surface area contributed by atoms with Gasteiger partial charge in [-0.25, -0.2) is 8.78 Å². The molecule has 0 radical (unpaired) electrons. The Bertz CT molecular complexity index is 1310. The largest absolute Gasteiger partial charge is 0.379 e. The first-order valence-corrected chi connectivity index (χ1v) is 12.4. The molecule has 1 atom stereocenters. The Morgan fingerprint density at radius 3 is 2.43 bits per heavy atom. The molecule has 5 rings (SSSR count). The van der Waals surface area contributed by atoms with Crippen LogP contribution in [0.3, 0.4) is 0 Å². The van der Waals surface area contributed by atoms with Crippen molar-refractivity contribution in [1.82, 2.24) is 20.0 Å². The lowest BCUT2D eigenvalue weighted by Gasteiger charge is -2.34. The van der Waals surface area contributed by atoms with Gasteiger partial charge < -0.3 is 10.1 Å². The molecule has 182 valence electrons. The molecular formula is C26H26F2N4O2S. The van der Waals surface area contributed by atoms with E-state index in [1.54, 1.807) is 24.3 Å². The summed E-state index contributed by atoms with van der Waals surface area (Å²) in [5, 5.41) is 8.62. The zero-order valence-corrected chi connectivity index (χ0v) is 20.2. The first-order chi connectivity index (χ1) is 17.0. The Balaban J connectivity index is 1.33. The minimum Gasteiger partial charge on any atom is -0.379 e. The summed E-state index contributed by atoms with van der Waals surface area (Å²) in [6, 6.07) is 14.6. The number of fused-ring (bicyclic) bond motifs is 1. The molecule has 0 bridgehead atoms. The lowest BCUT2D eigenvalue weighted by atomic mass is 10.0. The zero-order chi connectivity index (χ0) is 24.4. The van der Waals surface area contributed by atoms with E-state index in [2.05, 4.69) is 15.3 Å². The number of ether oxygens (including phenoxy) is 1. The lowest BCUT2D eigenvalue weighted by Crippen LogP contribution is -2.43. The van der Waals surface area contributed by atoms with Crippen molar-refractivity contribution in [3.05, 3.63) is 87.9 Å². The van der Waals surface area contributed by atoms with Gasteiger partial charge >= 0.3 is 0 Å². The number of amides is 1. The van der Waals surface area contributed by atoms with Crippen molar-refractivity contribution < 1.29 is 18.3 Å². The van der Waals surface area contributed by atoms with Gasteiger partial charge in [0.1, 0.15) is 16.5 Å². The summed E-state index contributed by atoms with van der Waals surface area (Å²) in [6.07, 6.45) is 0. The molecule has 1 aliphatic heterocycles. The van der Waals surface area contributed by atoms with Gasteiger partial charge in [-0.15, -0.1) is 11.3 Å². The molecule has 4 aromatic rings. The van der Waals surface area contributed by atoms with E-state index in [4.69, 9.17) is 4.74 Å². The first-order valence-electron chi connectivity index (χ1n) is 11.5. The number of aromatic nitrogens is 2. The van der Waals surface area contributed by atoms with Crippen LogP contribution in [0.4, 0.5) is 8.78 Å². The minimum atomic E-state index is -0.283. The highest BCUT2D eigenvalue weighted by Gasteiger charge is 2.24. The average molecular weight is 497 g/mol. The van der Waals surface area contributed by atoms with Crippen molar-refractivity contribution in [1.29, 1.82) is 0 Å². The van der Waals surface area contributed by atoms with Crippen molar-refractivity contribution in [3.8, 4) is 0 Å². The molecule has 6 nitrogen and oxygen atoms in total. The van der Waals surface area contributed by atoms with Crippen LogP contribution >= 0.6 is 11.3 Å². The molecule has 0 spiro atoms. The number of morpholine rings is 1. The summed E-state index contributed by atoms with van der Waals surface area (Å²) in [5.41, 5.74) is 2.73. The summed E-state index contributed by atoms with van der Waals surface area (Å²) in [5.74, 6) is -0.713. The van der Waals surface area contributed by atoms with Crippen LogP contribution < -0.4 is 5.32 Å². The summed E-state index contributed by atoms with van der Waals surface area (Å²) in [4.78, 5) is 16.9. The molecule has 35 heavy (non-hydrogen) atoms. The van der Waals surface area contributed by atoms with Crippen LogP contribution in [0.2, 0.25) is 0 Å². The highest BCUT2D eigenvalue weighted by atomic mass is 32.1. The predicted molar refractivity (Wildman–Crippen MR) is 132 cm³/mol. The number of nitrogens with zero attached hydrogens (tertiary/aromatic N) is 3. The van der Waals surface area contributed by atoms with Crippen molar-refractivity contribution in [2.45, 2.75) is 19.5 Å². The van der Waals surface area contributed by atoms with Crippen LogP contribution in [0.1, 0.15) is 32.5 Å². The fourth-order valence-electron chi connectivity index (χ4n) is 4.40. The van der Waals surface area contributed by atoms with Crippen LogP contribution in [0, 0.1) is 18.6 Å². The van der Waals surface area contributed by atoms with Gasteiger partial charge in [0, 0.05) is 25.0 Å². The maximum absolute atomic E-state index is 13.5. The number of rotatable bonds is 7. The number of nitrogens with one attached hydrogen (secondary N) is 1. The van der Waals surface area contributed by atoms with Gasteiger partial charge in [-0.2, -0.15) is 5.10 Å². The Labute approximate surface area is 206 Å². The van der Waals surface area contributed by atoms with E-state index in [-0.39, 0.29) is 23.6 Å². The van der Waals surface area contributed by atoms with E-state index < -0.39 is 0 Å². The third kappa shape index (κ3) is 5.27. The molecule has 9 heteroatoms. The van der Waals surface area contributed by atoms with Crippen LogP contribution in [0.5, 0.6) is 0 Å². The summed E-state index contributed by atoms with van der Waals surface area (Å²) in [6.45, 7) is 5.58. The quantitative estimate of drug-likeness (QED) is 0.408. The SMILES string of the molecule is Cc1nn(Cc2ccc(F)cc2)c2sc(C(=O)NCC(c3ccc(F)cc3)N3CCOCC3)cc12. The van der Waals surface area contributed by atoms with Gasteiger partial charge in [-0.1, -0.05) is 24.3 Å². The van der Waals surface area contributed by atoms with E-state index in [0.717, 1.165) is 40.1 Å². The van der Waals surface area contributed by atoms with Crippen LogP contribution in [-0.2, 0) is 11.3 Å². The van der Waals surface area contributed by atoms with Gasteiger partial charge in [0.15, 0.2) is 0 Å². The smallest absolute Gasteiger partial charge is 0.261 e. The third-order valence-corrected chi connectivity index (χ3v) is 7.42. The Morgan fingerprint density at radius 1 is 1.09 bits per heavy atom. The maximum atomic E-state index is 13.5.